The van der Waals surface area contributed by atoms with Crippen molar-refractivity contribution in [2.24, 2.45) is 4.99 Å². The number of carbonyl (C=O) groups is 3. The van der Waals surface area contributed by atoms with Crippen LogP contribution in [-0.4, -0.2) is 41.3 Å². The fourth-order valence-electron chi connectivity index (χ4n) is 2.13. The van der Waals surface area contributed by atoms with Crippen LogP contribution in [0.15, 0.2) is 39.9 Å². The van der Waals surface area contributed by atoms with E-state index in [4.69, 9.17) is 4.74 Å². The molecular formula is C18H21BrN4O4. The number of amides is 3. The second-order valence-electron chi connectivity index (χ2n) is 6.74. The van der Waals surface area contributed by atoms with Crippen molar-refractivity contribution in [1.82, 2.24) is 4.90 Å². The zero-order chi connectivity index (χ0) is 20.0. The summed E-state index contributed by atoms with van der Waals surface area (Å²) < 4.78 is 5.92. The van der Waals surface area contributed by atoms with E-state index in [-0.39, 0.29) is 12.3 Å². The summed E-state index contributed by atoms with van der Waals surface area (Å²) in [5, 5.41) is 5.23. The van der Waals surface area contributed by atoms with Crippen LogP contribution in [0.5, 0.6) is 0 Å². The molecule has 1 aromatic rings. The quantitative estimate of drug-likeness (QED) is 0.705. The van der Waals surface area contributed by atoms with Gasteiger partial charge in [0, 0.05) is 17.2 Å². The molecule has 3 amide bonds. The molecule has 0 spiro atoms. The molecule has 2 rings (SSSR count). The molecule has 1 aromatic carbocycles. The number of carbonyl (C=O) groups excluding carboxylic acids is 3. The predicted octanol–water partition coefficient (Wildman–Crippen LogP) is 3.51. The third-order valence-corrected chi connectivity index (χ3v) is 3.72. The first-order valence-electron chi connectivity index (χ1n) is 8.21. The second kappa shape index (κ2) is 8.81. The number of nitrogens with zero attached hydrogens (tertiary/aromatic N) is 2. The van der Waals surface area contributed by atoms with Crippen LogP contribution in [-0.2, 0) is 14.3 Å². The molecule has 2 N–H and O–H groups in total. The minimum Gasteiger partial charge on any atom is -0.444 e. The topological polar surface area (TPSA) is 100 Å². The zero-order valence-corrected chi connectivity index (χ0v) is 16.9. The Morgan fingerprint density at radius 2 is 1.96 bits per heavy atom. The Morgan fingerprint density at radius 3 is 2.59 bits per heavy atom. The van der Waals surface area contributed by atoms with Crippen molar-refractivity contribution < 1.29 is 19.1 Å². The molecule has 0 fully saturated rings. The van der Waals surface area contributed by atoms with Crippen LogP contribution in [0.1, 0.15) is 27.2 Å². The minimum absolute atomic E-state index is 0.347. The molecule has 0 aliphatic carbocycles. The number of ether oxygens (including phenoxy) is 1. The molecule has 0 radical (unpaired) electrons. The van der Waals surface area contributed by atoms with E-state index in [9.17, 15) is 14.4 Å². The van der Waals surface area contributed by atoms with Gasteiger partial charge in [-0.2, -0.15) is 0 Å². The van der Waals surface area contributed by atoms with Crippen molar-refractivity contribution in [1.29, 1.82) is 0 Å². The summed E-state index contributed by atoms with van der Waals surface area (Å²) in [6.45, 7) is 5.63. The van der Waals surface area contributed by atoms with Gasteiger partial charge in [-0.3, -0.25) is 19.8 Å². The molecule has 1 heterocycles. The molecule has 0 bridgehead atoms. The van der Waals surface area contributed by atoms with Crippen molar-refractivity contribution in [2.45, 2.75) is 32.8 Å². The minimum atomic E-state index is -0.653. The number of hydrogen-bond donors (Lipinski definition) is 2. The van der Waals surface area contributed by atoms with Gasteiger partial charge in [0.1, 0.15) is 12.0 Å². The number of aliphatic imine (C=N–C) groups is 1. The maximum Gasteiger partial charge on any atom is 0.412 e. The van der Waals surface area contributed by atoms with Crippen LogP contribution in [0.2, 0.25) is 0 Å². The Labute approximate surface area is 165 Å². The van der Waals surface area contributed by atoms with Gasteiger partial charge in [0.05, 0.1) is 17.7 Å². The number of rotatable bonds is 4. The van der Waals surface area contributed by atoms with Crippen molar-refractivity contribution in [2.75, 3.05) is 17.2 Å². The summed E-state index contributed by atoms with van der Waals surface area (Å²) in [5.41, 5.74) is 0.0515. The lowest BCUT2D eigenvalue weighted by Gasteiger charge is -2.21. The summed E-state index contributed by atoms with van der Waals surface area (Å²) in [6.07, 6.45) is 3.68. The van der Waals surface area contributed by atoms with Gasteiger partial charge in [-0.1, -0.05) is 15.9 Å². The highest BCUT2D eigenvalue weighted by atomic mass is 79.9. The summed E-state index contributed by atoms with van der Waals surface area (Å²) in [7, 11) is 0. The lowest BCUT2D eigenvalue weighted by Crippen LogP contribution is -2.34. The third-order valence-electron chi connectivity index (χ3n) is 3.22. The maximum atomic E-state index is 12.3. The van der Waals surface area contributed by atoms with E-state index in [1.165, 1.54) is 11.2 Å². The van der Waals surface area contributed by atoms with E-state index in [0.29, 0.717) is 22.4 Å². The average molecular weight is 437 g/mol. The number of halogens is 1. The highest BCUT2D eigenvalue weighted by Crippen LogP contribution is 2.27. The van der Waals surface area contributed by atoms with Gasteiger partial charge in [0.15, 0.2) is 0 Å². The smallest absolute Gasteiger partial charge is 0.412 e. The summed E-state index contributed by atoms with van der Waals surface area (Å²) >= 11 is 3.32. The van der Waals surface area contributed by atoms with Gasteiger partial charge in [0.2, 0.25) is 11.8 Å². The summed E-state index contributed by atoms with van der Waals surface area (Å²) in [4.78, 5) is 41.6. The lowest BCUT2D eigenvalue weighted by atomic mass is 10.2. The predicted molar refractivity (Wildman–Crippen MR) is 107 cm³/mol. The van der Waals surface area contributed by atoms with Gasteiger partial charge < -0.3 is 10.1 Å². The van der Waals surface area contributed by atoms with Crippen LogP contribution in [0, 0.1) is 0 Å². The summed E-state index contributed by atoms with van der Waals surface area (Å²) in [6, 6.07) is 4.96. The lowest BCUT2D eigenvalue weighted by molar-refractivity contribution is -0.131. The molecule has 0 atom stereocenters. The molecular weight excluding hydrogens is 416 g/mol. The third kappa shape index (κ3) is 6.86. The van der Waals surface area contributed by atoms with Gasteiger partial charge in [0.25, 0.3) is 0 Å². The Hall–Kier alpha value is -2.68. The van der Waals surface area contributed by atoms with E-state index in [1.807, 2.05) is 0 Å². The Morgan fingerprint density at radius 1 is 1.22 bits per heavy atom. The number of benzene rings is 1. The molecule has 0 unspecified atom stereocenters. The van der Waals surface area contributed by atoms with Crippen LogP contribution < -0.4 is 10.6 Å². The Balaban J connectivity index is 2.04. The SMILES string of the molecule is CC(C)(C)OC(=O)Nc1ccc(Br)cc1NC(=O)CC(=O)N1C=NC=CC1. The molecule has 1 aliphatic heterocycles. The number of nitrogens with one attached hydrogen (secondary N) is 2. The molecule has 0 aromatic heterocycles. The first kappa shape index (κ1) is 20.6. The van der Waals surface area contributed by atoms with Crippen LogP contribution >= 0.6 is 15.9 Å². The fraction of sp³-hybridized carbons (Fsp3) is 0.333. The highest BCUT2D eigenvalue weighted by Gasteiger charge is 2.20. The largest absolute Gasteiger partial charge is 0.444 e. The first-order valence-corrected chi connectivity index (χ1v) is 9.00. The molecule has 1 aliphatic rings. The molecule has 27 heavy (non-hydrogen) atoms. The van der Waals surface area contributed by atoms with Gasteiger partial charge in [-0.15, -0.1) is 0 Å². The van der Waals surface area contributed by atoms with E-state index in [2.05, 4.69) is 31.6 Å². The molecule has 0 saturated carbocycles. The van der Waals surface area contributed by atoms with Crippen molar-refractivity contribution in [3.63, 3.8) is 0 Å². The monoisotopic (exact) mass is 436 g/mol. The fourth-order valence-corrected chi connectivity index (χ4v) is 2.49. The van der Waals surface area contributed by atoms with Gasteiger partial charge >= 0.3 is 6.09 Å². The Bertz CT molecular complexity index is 799. The van der Waals surface area contributed by atoms with Crippen molar-refractivity contribution >= 4 is 51.6 Å². The normalized spacial score (nSPS) is 13.3. The van der Waals surface area contributed by atoms with Gasteiger partial charge in [-0.05, 0) is 45.0 Å². The standard InChI is InChI=1S/C18H21BrN4O4/c1-18(2,3)27-17(26)22-13-6-5-12(19)9-14(13)21-15(24)10-16(25)23-8-4-7-20-11-23/h4-7,9,11H,8,10H2,1-3H3,(H,21,24)(H,22,26). The molecule has 0 saturated heterocycles. The molecule has 144 valence electrons. The van der Waals surface area contributed by atoms with Crippen molar-refractivity contribution in [3.05, 3.63) is 34.9 Å². The molecule has 9 heteroatoms. The van der Waals surface area contributed by atoms with E-state index in [0.717, 1.165) is 0 Å². The van der Waals surface area contributed by atoms with Crippen LogP contribution in [0.4, 0.5) is 16.2 Å². The number of hydrogen-bond acceptors (Lipinski definition) is 5. The average Bonchev–Trinajstić information content (AvgIpc) is 2.56. The van der Waals surface area contributed by atoms with E-state index >= 15 is 0 Å². The van der Waals surface area contributed by atoms with E-state index < -0.39 is 17.6 Å². The van der Waals surface area contributed by atoms with Crippen molar-refractivity contribution in [3.8, 4) is 0 Å². The second-order valence-corrected chi connectivity index (χ2v) is 7.65. The van der Waals surface area contributed by atoms with Crippen LogP contribution in [0.3, 0.4) is 0 Å². The molecule has 8 nitrogen and oxygen atoms in total. The zero-order valence-electron chi connectivity index (χ0n) is 15.3. The van der Waals surface area contributed by atoms with Crippen LogP contribution in [0.25, 0.3) is 0 Å². The van der Waals surface area contributed by atoms with E-state index in [1.54, 1.807) is 51.2 Å². The number of anilines is 2. The Kier molecular flexibility index (Phi) is 6.73. The van der Waals surface area contributed by atoms with Gasteiger partial charge in [-0.25, -0.2) is 9.79 Å². The highest BCUT2D eigenvalue weighted by molar-refractivity contribution is 9.10. The maximum absolute atomic E-state index is 12.3. The first-order chi connectivity index (χ1) is 12.6. The summed E-state index contributed by atoms with van der Waals surface area (Å²) in [5.74, 6) is -0.884.